The third-order valence-corrected chi connectivity index (χ3v) is 3.13. The highest BCUT2D eigenvalue weighted by atomic mass is 32.2. The second-order valence-electron chi connectivity index (χ2n) is 2.47. The highest BCUT2D eigenvalue weighted by molar-refractivity contribution is 7.89. The largest absolute Gasteiger partial charge is 0.328 e. The van der Waals surface area contributed by atoms with E-state index in [2.05, 4.69) is 10.0 Å². The molecule has 0 heterocycles. The molecule has 0 saturated heterocycles. The Morgan fingerprint density at radius 3 is 2.50 bits per heavy atom. The van der Waals surface area contributed by atoms with Gasteiger partial charge < -0.3 is 5.32 Å². The zero-order valence-corrected chi connectivity index (χ0v) is 8.34. The van der Waals surface area contributed by atoms with E-state index in [1.807, 2.05) is 0 Å². The minimum Gasteiger partial charge on any atom is -0.328 e. The second kappa shape index (κ2) is 4.21. The molecule has 6 heteroatoms. The highest BCUT2D eigenvalue weighted by Gasteiger charge is 2.15. The van der Waals surface area contributed by atoms with Crippen molar-refractivity contribution in [3.8, 4) is 0 Å². The molecule has 76 valence electrons. The number of anilines is 1. The lowest BCUT2D eigenvalue weighted by Crippen LogP contribution is -2.19. The smallest absolute Gasteiger partial charge is 0.242 e. The molecule has 5 nitrogen and oxygen atoms in total. The number of hydrogen-bond donors (Lipinski definition) is 2. The van der Waals surface area contributed by atoms with Gasteiger partial charge in [0.2, 0.25) is 16.4 Å². The van der Waals surface area contributed by atoms with Gasteiger partial charge in [-0.15, -0.1) is 0 Å². The summed E-state index contributed by atoms with van der Waals surface area (Å²) in [6.07, 6.45) is 0.435. The van der Waals surface area contributed by atoms with Crippen LogP contribution in [0.15, 0.2) is 29.2 Å². The van der Waals surface area contributed by atoms with Crippen LogP contribution in [0.5, 0.6) is 0 Å². The van der Waals surface area contributed by atoms with Crippen LogP contribution in [0.3, 0.4) is 0 Å². The van der Waals surface area contributed by atoms with E-state index in [1.165, 1.54) is 19.2 Å². The lowest BCUT2D eigenvalue weighted by molar-refractivity contribution is -0.105. The van der Waals surface area contributed by atoms with Crippen LogP contribution in [-0.2, 0) is 14.8 Å². The molecule has 0 radical (unpaired) electrons. The molecule has 0 aliphatic heterocycles. The molecule has 1 aromatic carbocycles. The van der Waals surface area contributed by atoms with Gasteiger partial charge in [-0.25, -0.2) is 13.1 Å². The number of amides is 1. The molecule has 14 heavy (non-hydrogen) atoms. The van der Waals surface area contributed by atoms with E-state index in [1.54, 1.807) is 12.1 Å². The van der Waals surface area contributed by atoms with Gasteiger partial charge in [0.25, 0.3) is 0 Å². The normalized spacial score (nSPS) is 10.9. The first-order valence-electron chi connectivity index (χ1n) is 3.84. The molecule has 2 N–H and O–H groups in total. The summed E-state index contributed by atoms with van der Waals surface area (Å²) in [4.78, 5) is 10.3. The molecule has 0 aliphatic rings. The fourth-order valence-electron chi connectivity index (χ4n) is 0.994. The number of carbonyl (C=O) groups is 1. The Morgan fingerprint density at radius 2 is 1.93 bits per heavy atom. The molecule has 0 unspecified atom stereocenters. The number of rotatable bonds is 4. The van der Waals surface area contributed by atoms with Crippen LogP contribution in [0, 0.1) is 0 Å². The topological polar surface area (TPSA) is 75.3 Å². The van der Waals surface area contributed by atoms with Crippen molar-refractivity contribution in [3.05, 3.63) is 24.3 Å². The van der Waals surface area contributed by atoms with E-state index < -0.39 is 10.0 Å². The summed E-state index contributed by atoms with van der Waals surface area (Å²) in [7, 11) is -2.21. The van der Waals surface area contributed by atoms with Gasteiger partial charge in [-0.05, 0) is 19.2 Å². The first kappa shape index (κ1) is 10.7. The Hall–Kier alpha value is -1.40. The van der Waals surface area contributed by atoms with Gasteiger partial charge in [0.05, 0.1) is 5.69 Å². The third-order valence-electron chi connectivity index (χ3n) is 1.66. The second-order valence-corrected chi connectivity index (χ2v) is 4.32. The third kappa shape index (κ3) is 2.09. The molecule has 0 atom stereocenters. The quantitative estimate of drug-likeness (QED) is 0.701. The summed E-state index contributed by atoms with van der Waals surface area (Å²) in [5, 5.41) is 2.32. The van der Waals surface area contributed by atoms with Gasteiger partial charge in [0.15, 0.2) is 0 Å². The average molecular weight is 214 g/mol. The molecule has 0 bridgehead atoms. The van der Waals surface area contributed by atoms with Gasteiger partial charge in [-0.3, -0.25) is 4.79 Å². The van der Waals surface area contributed by atoms with Gasteiger partial charge in [0, 0.05) is 0 Å². The predicted molar refractivity (Wildman–Crippen MR) is 52.4 cm³/mol. The maximum Gasteiger partial charge on any atom is 0.242 e. The van der Waals surface area contributed by atoms with E-state index in [-0.39, 0.29) is 10.6 Å². The number of carbonyl (C=O) groups excluding carboxylic acids is 1. The van der Waals surface area contributed by atoms with E-state index >= 15 is 0 Å². The first-order chi connectivity index (χ1) is 6.61. The predicted octanol–water partition coefficient (Wildman–Crippen LogP) is 0.163. The number of para-hydroxylation sites is 1. The van der Waals surface area contributed by atoms with Crippen molar-refractivity contribution in [2.75, 3.05) is 12.4 Å². The molecular weight excluding hydrogens is 204 g/mol. The summed E-state index contributed by atoms with van der Waals surface area (Å²) >= 11 is 0. The molecule has 0 fully saturated rings. The molecule has 1 rings (SSSR count). The van der Waals surface area contributed by atoms with E-state index in [4.69, 9.17) is 0 Å². The van der Waals surface area contributed by atoms with Crippen LogP contribution < -0.4 is 10.0 Å². The van der Waals surface area contributed by atoms with Crippen molar-refractivity contribution in [2.24, 2.45) is 0 Å². The van der Waals surface area contributed by atoms with Gasteiger partial charge in [0.1, 0.15) is 4.90 Å². The van der Waals surface area contributed by atoms with Gasteiger partial charge in [-0.2, -0.15) is 0 Å². The van der Waals surface area contributed by atoms with Gasteiger partial charge in [-0.1, -0.05) is 12.1 Å². The lowest BCUT2D eigenvalue weighted by atomic mass is 10.3. The molecule has 0 aliphatic carbocycles. The van der Waals surface area contributed by atoms with Crippen LogP contribution in [-0.4, -0.2) is 21.9 Å². The Morgan fingerprint density at radius 1 is 1.29 bits per heavy atom. The summed E-state index contributed by atoms with van der Waals surface area (Å²) in [6.45, 7) is 0. The Balaban J connectivity index is 3.26. The zero-order valence-electron chi connectivity index (χ0n) is 7.52. The summed E-state index contributed by atoms with van der Waals surface area (Å²) in [6, 6.07) is 6.15. The van der Waals surface area contributed by atoms with Crippen molar-refractivity contribution in [1.82, 2.24) is 4.72 Å². The fraction of sp³-hybridized carbons (Fsp3) is 0.125. The first-order valence-corrected chi connectivity index (χ1v) is 5.33. The lowest BCUT2D eigenvalue weighted by Gasteiger charge is -2.07. The van der Waals surface area contributed by atoms with Crippen molar-refractivity contribution in [3.63, 3.8) is 0 Å². The molecule has 0 spiro atoms. The number of nitrogens with one attached hydrogen (secondary N) is 2. The Bertz CT molecular complexity index is 428. The van der Waals surface area contributed by atoms with Crippen LogP contribution in [0.4, 0.5) is 5.69 Å². The van der Waals surface area contributed by atoms with Crippen molar-refractivity contribution in [2.45, 2.75) is 4.90 Å². The molecule has 1 aromatic rings. The fourth-order valence-corrected chi connectivity index (χ4v) is 1.89. The minimum absolute atomic E-state index is 0.0506. The van der Waals surface area contributed by atoms with Crippen LogP contribution in [0.1, 0.15) is 0 Å². The highest BCUT2D eigenvalue weighted by Crippen LogP contribution is 2.19. The van der Waals surface area contributed by atoms with Crippen molar-refractivity contribution >= 4 is 22.1 Å². The van der Waals surface area contributed by atoms with E-state index in [0.29, 0.717) is 6.41 Å². The zero-order chi connectivity index (χ0) is 10.6. The Labute approximate surface area is 82.2 Å². The van der Waals surface area contributed by atoms with E-state index in [9.17, 15) is 13.2 Å². The maximum absolute atomic E-state index is 11.4. The monoisotopic (exact) mass is 214 g/mol. The SMILES string of the molecule is CNS(=O)(=O)c1ccccc1NC=O. The summed E-state index contributed by atoms with van der Waals surface area (Å²) in [5.74, 6) is 0. The van der Waals surface area contributed by atoms with Gasteiger partial charge >= 0.3 is 0 Å². The molecule has 0 saturated carbocycles. The van der Waals surface area contributed by atoms with Crippen LogP contribution in [0.25, 0.3) is 0 Å². The number of hydrogen-bond acceptors (Lipinski definition) is 3. The summed E-state index contributed by atoms with van der Waals surface area (Å²) in [5.41, 5.74) is 0.261. The average Bonchev–Trinajstić information content (AvgIpc) is 2.19. The number of benzene rings is 1. The minimum atomic E-state index is -3.52. The van der Waals surface area contributed by atoms with Crippen LogP contribution >= 0.6 is 0 Å². The van der Waals surface area contributed by atoms with Crippen molar-refractivity contribution in [1.29, 1.82) is 0 Å². The van der Waals surface area contributed by atoms with E-state index in [0.717, 1.165) is 0 Å². The van der Waals surface area contributed by atoms with Crippen LogP contribution in [0.2, 0.25) is 0 Å². The summed E-state index contributed by atoms with van der Waals surface area (Å²) < 4.78 is 25.0. The molecule has 0 aromatic heterocycles. The van der Waals surface area contributed by atoms with Crippen molar-refractivity contribution < 1.29 is 13.2 Å². The standard InChI is InChI=1S/C8H10N2O3S/c1-9-14(12,13)8-5-3-2-4-7(8)10-6-11/h2-6,9H,1H3,(H,10,11). The Kier molecular flexibility index (Phi) is 3.21. The molecule has 1 amide bonds. The number of sulfonamides is 1. The maximum atomic E-state index is 11.4. The molecular formula is C8H10N2O3S.